The number of amides is 5. The molecule has 61 heavy (non-hydrogen) atoms. The predicted octanol–water partition coefficient (Wildman–Crippen LogP) is 4.15. The van der Waals surface area contributed by atoms with Crippen LogP contribution < -0.4 is 26.7 Å². The van der Waals surface area contributed by atoms with Gasteiger partial charge in [-0.25, -0.2) is 5.48 Å². The summed E-state index contributed by atoms with van der Waals surface area (Å²) in [7, 11) is 5.79. The van der Waals surface area contributed by atoms with Gasteiger partial charge in [-0.3, -0.25) is 29.2 Å². The zero-order chi connectivity index (χ0) is 44.7. The quantitative estimate of drug-likeness (QED) is 0.0238. The van der Waals surface area contributed by atoms with Crippen LogP contribution in [0.1, 0.15) is 80.8 Å². The molecule has 0 radical (unpaired) electrons. The van der Waals surface area contributed by atoms with Gasteiger partial charge in [0.05, 0.1) is 40.9 Å². The van der Waals surface area contributed by atoms with E-state index >= 15 is 0 Å². The van der Waals surface area contributed by atoms with Crippen LogP contribution in [0.2, 0.25) is 0 Å². The maximum atomic E-state index is 13.6. The molecule has 19 heteroatoms. The predicted molar refractivity (Wildman–Crippen MR) is 216 cm³/mol. The second-order valence-corrected chi connectivity index (χ2v) is 16.0. The molecule has 0 bridgehead atoms. The number of hydrogen-bond acceptors (Lipinski definition) is 10. The zero-order valence-corrected chi connectivity index (χ0v) is 34.7. The van der Waals surface area contributed by atoms with E-state index in [4.69, 9.17) is 21.1 Å². The third-order valence-corrected chi connectivity index (χ3v) is 10.5. The smallest absolute Gasteiger partial charge is 0.355 e. The number of benzene rings is 2. The van der Waals surface area contributed by atoms with E-state index in [2.05, 4.69) is 37.4 Å². The number of nitrogens with zero attached hydrogens (tertiary/aromatic N) is 3. The summed E-state index contributed by atoms with van der Waals surface area (Å²) in [4.78, 5) is 63.5. The van der Waals surface area contributed by atoms with E-state index in [1.807, 2.05) is 45.4 Å². The Labute approximate surface area is 353 Å². The molecule has 4 rings (SSSR count). The number of quaternary nitrogens is 1. The molecule has 0 unspecified atom stereocenters. The number of anilines is 1. The summed E-state index contributed by atoms with van der Waals surface area (Å²) in [5.41, 5.74) is -0.895. The zero-order valence-electron chi connectivity index (χ0n) is 34.7. The van der Waals surface area contributed by atoms with Gasteiger partial charge in [0.15, 0.2) is 17.7 Å². The van der Waals surface area contributed by atoms with Gasteiger partial charge in [-0.05, 0) is 49.8 Å². The fourth-order valence-electron chi connectivity index (χ4n) is 6.81. The Hall–Kier alpha value is -5.42. The molecule has 0 aliphatic carbocycles. The molecular weight excluding hydrogens is 802 g/mol. The number of ether oxygens (including phenoxy) is 2. The van der Waals surface area contributed by atoms with E-state index in [9.17, 15) is 37.1 Å². The lowest BCUT2D eigenvalue weighted by molar-refractivity contribution is -0.886. The largest absolute Gasteiger partial charge is 0.442 e. The van der Waals surface area contributed by atoms with Crippen molar-refractivity contribution in [1.29, 1.82) is 0 Å². The molecule has 0 spiro atoms. The van der Waals surface area contributed by atoms with Crippen molar-refractivity contribution < 1.29 is 56.3 Å². The molecular formula is C42H56F3N8O8+. The number of halogens is 3. The molecule has 6 N–H and O–H groups in total. The monoisotopic (exact) mass is 857 g/mol. The Kier molecular flexibility index (Phi) is 17.3. The van der Waals surface area contributed by atoms with Crippen LogP contribution in [0.4, 0.5) is 18.9 Å². The summed E-state index contributed by atoms with van der Waals surface area (Å²) < 4.78 is 52.3. The number of unbranched alkanes of at least 4 members (excludes halogenated alkanes) is 4. The first-order chi connectivity index (χ1) is 29.0. The average Bonchev–Trinajstić information content (AvgIpc) is 4.05. The molecule has 1 fully saturated rings. The maximum absolute atomic E-state index is 13.6. The fraction of sp³-hybridized carbons (Fsp3) is 0.548. The summed E-state index contributed by atoms with van der Waals surface area (Å²) >= 11 is 0. The minimum Gasteiger partial charge on any atom is -0.355 e. The number of rotatable bonds is 23. The van der Waals surface area contributed by atoms with Crippen molar-refractivity contribution in [3.05, 3.63) is 65.2 Å². The minimum atomic E-state index is -4.68. The van der Waals surface area contributed by atoms with Gasteiger partial charge in [0.1, 0.15) is 0 Å². The average molecular weight is 858 g/mol. The fourth-order valence-corrected chi connectivity index (χ4v) is 6.81. The lowest BCUT2D eigenvalue weighted by Gasteiger charge is -2.37. The molecule has 16 nitrogen and oxygen atoms in total. The van der Waals surface area contributed by atoms with Gasteiger partial charge in [-0.1, -0.05) is 55.2 Å². The van der Waals surface area contributed by atoms with Crippen molar-refractivity contribution in [2.45, 2.75) is 88.4 Å². The highest BCUT2D eigenvalue weighted by Gasteiger charge is 2.65. The number of carbonyl (C=O) groups excluding carboxylic acids is 5. The molecule has 2 aromatic carbocycles. The second kappa shape index (κ2) is 21.9. The first-order valence-corrected chi connectivity index (χ1v) is 20.2. The molecule has 2 aliphatic heterocycles. The van der Waals surface area contributed by atoms with Crippen molar-refractivity contribution in [1.82, 2.24) is 21.4 Å². The maximum Gasteiger partial charge on any atom is 0.442 e. The standard InChI is InChI=1S/C42H55F3N8O8/c1-5-24-47-38(57)40(27-60-37(61-28-40)30-17-19-31(20-18-30)41(51-52-41)42(43,44)45)39(58)48-25-11-10-12-33(53(2,3)4)36(56)46-26-23-29-15-21-32(22-16-29)49-34(54)13-8-6-7-9-14-35(55)50-59/h1,15-22,33,37H,6-14,23-28H2,2-4H3,(H5-,46,47,48,49,50,51,52,54,55,56,57,58,59)/p+1/t33-,37?,40?/m0/s1. The molecule has 332 valence electrons. The number of likely N-dealkylation sites (N-methyl/N-ethyl adjacent to an activating group) is 1. The summed E-state index contributed by atoms with van der Waals surface area (Å²) in [6.07, 6.45) is 5.30. The Bertz CT molecular complexity index is 1880. The van der Waals surface area contributed by atoms with E-state index in [1.165, 1.54) is 24.3 Å². The highest BCUT2D eigenvalue weighted by atomic mass is 19.4. The van der Waals surface area contributed by atoms with E-state index in [0.717, 1.165) is 18.4 Å². The second-order valence-electron chi connectivity index (χ2n) is 16.0. The first kappa shape index (κ1) is 48.2. The topological polar surface area (TPSA) is 209 Å². The van der Waals surface area contributed by atoms with Gasteiger partial charge in [0.2, 0.25) is 23.6 Å². The molecule has 2 aromatic rings. The van der Waals surface area contributed by atoms with Crippen molar-refractivity contribution in [2.24, 2.45) is 15.6 Å². The molecule has 1 atom stereocenters. The van der Waals surface area contributed by atoms with Gasteiger partial charge in [-0.15, -0.1) is 16.7 Å². The summed E-state index contributed by atoms with van der Waals surface area (Å²) in [6, 6.07) is 12.3. The van der Waals surface area contributed by atoms with Gasteiger partial charge in [0.25, 0.3) is 5.91 Å². The van der Waals surface area contributed by atoms with Crippen LogP contribution in [-0.4, -0.2) is 105 Å². The Balaban J connectivity index is 1.19. The van der Waals surface area contributed by atoms with Crippen LogP contribution in [0.3, 0.4) is 0 Å². The van der Waals surface area contributed by atoms with Crippen LogP contribution in [-0.2, 0) is 45.5 Å². The van der Waals surface area contributed by atoms with E-state index in [-0.39, 0.29) is 56.1 Å². The number of hydrogen-bond donors (Lipinski definition) is 6. The highest BCUT2D eigenvalue weighted by Crippen LogP contribution is 2.52. The van der Waals surface area contributed by atoms with Gasteiger partial charge < -0.3 is 35.2 Å². The number of nitrogens with one attached hydrogen (secondary N) is 5. The number of carbonyl (C=O) groups is 5. The minimum absolute atomic E-state index is 0.100. The summed E-state index contributed by atoms with van der Waals surface area (Å²) in [5.74, 6) is 0.318. The van der Waals surface area contributed by atoms with Crippen molar-refractivity contribution >= 4 is 35.2 Å². The molecule has 2 aliphatic rings. The first-order valence-electron chi connectivity index (χ1n) is 20.2. The number of terminal acetylenes is 1. The molecule has 0 aromatic heterocycles. The Morgan fingerprint density at radius 1 is 0.836 bits per heavy atom. The van der Waals surface area contributed by atoms with Crippen LogP contribution in [0.25, 0.3) is 0 Å². The Morgan fingerprint density at radius 3 is 2.00 bits per heavy atom. The van der Waals surface area contributed by atoms with Crippen LogP contribution in [0.5, 0.6) is 0 Å². The van der Waals surface area contributed by atoms with Crippen molar-refractivity contribution in [3.63, 3.8) is 0 Å². The molecule has 0 saturated carbocycles. The molecule has 2 heterocycles. The lowest BCUT2D eigenvalue weighted by atomic mass is 9.86. The van der Waals surface area contributed by atoms with Gasteiger partial charge in [0, 0.05) is 49.2 Å². The van der Waals surface area contributed by atoms with E-state index in [1.54, 1.807) is 5.48 Å². The molecule has 5 amide bonds. The third kappa shape index (κ3) is 13.5. The van der Waals surface area contributed by atoms with E-state index in [0.29, 0.717) is 67.2 Å². The normalized spacial score (nSPS) is 18.6. The van der Waals surface area contributed by atoms with Gasteiger partial charge >= 0.3 is 11.8 Å². The third-order valence-electron chi connectivity index (χ3n) is 10.5. The van der Waals surface area contributed by atoms with E-state index < -0.39 is 41.3 Å². The highest BCUT2D eigenvalue weighted by molar-refractivity contribution is 6.05. The number of hydroxylamine groups is 1. The van der Waals surface area contributed by atoms with Crippen LogP contribution in [0, 0.1) is 17.8 Å². The van der Waals surface area contributed by atoms with Crippen molar-refractivity contribution in [3.8, 4) is 12.3 Å². The SMILES string of the molecule is C#CCNC(=O)C1(C(=O)NCCCC[C@@H](C(=O)NCCc2ccc(NC(=O)CCCCCCC(=O)NO)cc2)[N+](C)(C)C)COC(c2ccc(C3(C(F)(F)F)N=N3)cc2)OC1. The van der Waals surface area contributed by atoms with Crippen molar-refractivity contribution in [2.75, 3.05) is 59.3 Å². The summed E-state index contributed by atoms with van der Waals surface area (Å²) in [6.45, 7) is -0.315. The van der Waals surface area contributed by atoms with Crippen LogP contribution >= 0.6 is 0 Å². The van der Waals surface area contributed by atoms with Crippen LogP contribution in [0.15, 0.2) is 58.8 Å². The lowest BCUT2D eigenvalue weighted by Crippen LogP contribution is -2.59. The molecule has 1 saturated heterocycles. The summed E-state index contributed by atoms with van der Waals surface area (Å²) in [5, 5.41) is 26.2. The number of alkyl halides is 3. The Morgan fingerprint density at radius 2 is 1.44 bits per heavy atom. The van der Waals surface area contributed by atoms with Gasteiger partial charge in [-0.2, -0.15) is 13.2 Å².